The first-order valence-electron chi connectivity index (χ1n) is 8.25. The molecule has 0 bridgehead atoms. The van der Waals surface area contributed by atoms with Crippen LogP contribution in [0.4, 0.5) is 4.79 Å². The zero-order chi connectivity index (χ0) is 18.3. The van der Waals surface area contributed by atoms with Crippen LogP contribution in [0, 0.1) is 5.92 Å². The summed E-state index contributed by atoms with van der Waals surface area (Å²) in [6.07, 6.45) is 3.11. The van der Waals surface area contributed by atoms with E-state index >= 15 is 0 Å². The lowest BCUT2D eigenvalue weighted by atomic mass is 10.1. The second kappa shape index (κ2) is 8.70. The lowest BCUT2D eigenvalue weighted by Crippen LogP contribution is -2.42. The first kappa shape index (κ1) is 20.0. The fraction of sp³-hybridized carbons (Fsp3) is 0.706. The highest BCUT2D eigenvalue weighted by atomic mass is 16.6. The van der Waals surface area contributed by atoms with Gasteiger partial charge in [-0.15, -0.1) is 6.58 Å². The van der Waals surface area contributed by atoms with Crippen LogP contribution in [0.15, 0.2) is 12.7 Å². The maximum absolute atomic E-state index is 11.9. The molecule has 2 atom stereocenters. The Morgan fingerprint density at radius 2 is 2.12 bits per heavy atom. The summed E-state index contributed by atoms with van der Waals surface area (Å²) in [4.78, 5) is 36.3. The number of hydrogen-bond acceptors (Lipinski definition) is 4. The Hall–Kier alpha value is -2.05. The van der Waals surface area contributed by atoms with Gasteiger partial charge < -0.3 is 20.1 Å². The molecule has 24 heavy (non-hydrogen) atoms. The summed E-state index contributed by atoms with van der Waals surface area (Å²) in [5.41, 5.74) is -0.545. The molecule has 1 aliphatic rings. The van der Waals surface area contributed by atoms with E-state index in [0.717, 1.165) is 0 Å². The molecule has 7 heteroatoms. The molecule has 2 amide bonds. The van der Waals surface area contributed by atoms with Gasteiger partial charge in [-0.1, -0.05) is 6.08 Å². The molecule has 1 unspecified atom stereocenters. The van der Waals surface area contributed by atoms with Crippen LogP contribution in [-0.4, -0.2) is 52.7 Å². The van der Waals surface area contributed by atoms with Gasteiger partial charge in [0.25, 0.3) is 0 Å². The van der Waals surface area contributed by atoms with Crippen LogP contribution in [-0.2, 0) is 14.3 Å². The molecule has 1 rings (SSSR count). The summed E-state index contributed by atoms with van der Waals surface area (Å²) < 4.78 is 5.12. The van der Waals surface area contributed by atoms with Gasteiger partial charge in [0, 0.05) is 25.4 Å². The number of ether oxygens (including phenoxy) is 1. The second-order valence-electron chi connectivity index (χ2n) is 7.02. The molecule has 0 spiro atoms. The number of unbranched alkanes of at least 4 members (excludes halogenated alkanes) is 1. The molecule has 2 N–H and O–H groups in total. The minimum Gasteiger partial charge on any atom is -0.480 e. The van der Waals surface area contributed by atoms with Gasteiger partial charge in [0.1, 0.15) is 11.6 Å². The number of rotatable bonds is 8. The number of alkyl carbamates (subject to hydrolysis) is 1. The van der Waals surface area contributed by atoms with E-state index in [1.54, 1.807) is 26.8 Å². The van der Waals surface area contributed by atoms with Gasteiger partial charge in [-0.05, 0) is 40.0 Å². The number of carbonyl (C=O) groups excluding carboxylic acids is 2. The van der Waals surface area contributed by atoms with Crippen molar-refractivity contribution in [3.05, 3.63) is 12.7 Å². The molecule has 1 saturated heterocycles. The predicted octanol–water partition coefficient (Wildman–Crippen LogP) is 2.17. The normalized spacial score (nSPS) is 19.0. The van der Waals surface area contributed by atoms with E-state index in [1.807, 2.05) is 0 Å². The molecule has 1 fully saturated rings. The van der Waals surface area contributed by atoms with Crippen LogP contribution in [0.1, 0.15) is 46.5 Å². The van der Waals surface area contributed by atoms with Crippen LogP contribution >= 0.6 is 0 Å². The summed E-state index contributed by atoms with van der Waals surface area (Å²) >= 11 is 0. The number of carboxylic acid groups (broad SMARTS) is 1. The molecule has 0 aromatic carbocycles. The van der Waals surface area contributed by atoms with Gasteiger partial charge in [0.05, 0.1) is 0 Å². The number of carboxylic acids is 1. The van der Waals surface area contributed by atoms with Gasteiger partial charge >= 0.3 is 12.1 Å². The van der Waals surface area contributed by atoms with Crippen molar-refractivity contribution < 1.29 is 24.2 Å². The topological polar surface area (TPSA) is 95.9 Å². The smallest absolute Gasteiger partial charge is 0.407 e. The minimum absolute atomic E-state index is 0.0215. The van der Waals surface area contributed by atoms with Crippen molar-refractivity contribution in [3.8, 4) is 0 Å². The Kier molecular flexibility index (Phi) is 7.25. The molecule has 136 valence electrons. The molecule has 1 heterocycles. The number of nitrogens with one attached hydrogen (secondary N) is 1. The van der Waals surface area contributed by atoms with Gasteiger partial charge in [-0.25, -0.2) is 9.59 Å². The standard InChI is InChI=1S/C17H28N2O5/c1-5-12-10-14(20)19(11-12)13(15(21)22)8-6-7-9-18-16(23)24-17(2,3)4/h5,12-13H,1,6-11H2,2-4H3,(H,18,23)(H,21,22)/t12?,13-/m0/s1. The molecule has 0 saturated carbocycles. The Morgan fingerprint density at radius 1 is 1.46 bits per heavy atom. The zero-order valence-electron chi connectivity index (χ0n) is 14.7. The highest BCUT2D eigenvalue weighted by Gasteiger charge is 2.36. The summed E-state index contributed by atoms with van der Waals surface area (Å²) in [7, 11) is 0. The quantitative estimate of drug-likeness (QED) is 0.521. The number of likely N-dealkylation sites (tertiary alicyclic amines) is 1. The third-order valence-electron chi connectivity index (χ3n) is 3.76. The Bertz CT molecular complexity index is 484. The maximum atomic E-state index is 11.9. The van der Waals surface area contributed by atoms with Gasteiger partial charge in [0.15, 0.2) is 0 Å². The largest absolute Gasteiger partial charge is 0.480 e. The number of amides is 2. The van der Waals surface area contributed by atoms with E-state index < -0.39 is 23.7 Å². The van der Waals surface area contributed by atoms with Crippen LogP contribution in [0.5, 0.6) is 0 Å². The lowest BCUT2D eigenvalue weighted by Gasteiger charge is -2.24. The van der Waals surface area contributed by atoms with Crippen LogP contribution in [0.25, 0.3) is 0 Å². The van der Waals surface area contributed by atoms with Crippen molar-refractivity contribution in [2.24, 2.45) is 5.92 Å². The summed E-state index contributed by atoms with van der Waals surface area (Å²) in [5.74, 6) is -1.11. The third-order valence-corrected chi connectivity index (χ3v) is 3.76. The molecular formula is C17H28N2O5. The van der Waals surface area contributed by atoms with Crippen LogP contribution in [0.3, 0.4) is 0 Å². The van der Waals surface area contributed by atoms with Crippen LogP contribution in [0.2, 0.25) is 0 Å². The first-order chi connectivity index (χ1) is 11.1. The average molecular weight is 340 g/mol. The highest BCUT2D eigenvalue weighted by Crippen LogP contribution is 2.23. The molecule has 0 aromatic heterocycles. The van der Waals surface area contributed by atoms with E-state index in [2.05, 4.69) is 11.9 Å². The average Bonchev–Trinajstić information content (AvgIpc) is 2.81. The Morgan fingerprint density at radius 3 is 2.62 bits per heavy atom. The van der Waals surface area contributed by atoms with Crippen molar-refractivity contribution in [1.82, 2.24) is 10.2 Å². The van der Waals surface area contributed by atoms with E-state index in [4.69, 9.17) is 4.74 Å². The molecule has 0 aromatic rings. The monoisotopic (exact) mass is 340 g/mol. The second-order valence-corrected chi connectivity index (χ2v) is 7.02. The molecule has 0 aliphatic carbocycles. The highest BCUT2D eigenvalue weighted by molar-refractivity contribution is 5.85. The predicted molar refractivity (Wildman–Crippen MR) is 89.5 cm³/mol. The van der Waals surface area contributed by atoms with Crippen molar-refractivity contribution in [2.45, 2.75) is 58.1 Å². The van der Waals surface area contributed by atoms with Crippen molar-refractivity contribution in [3.63, 3.8) is 0 Å². The molecule has 7 nitrogen and oxygen atoms in total. The summed E-state index contributed by atoms with van der Waals surface area (Å²) in [6.45, 7) is 9.84. The van der Waals surface area contributed by atoms with E-state index in [0.29, 0.717) is 38.8 Å². The fourth-order valence-corrected chi connectivity index (χ4v) is 2.60. The van der Waals surface area contributed by atoms with Gasteiger partial charge in [-0.2, -0.15) is 0 Å². The van der Waals surface area contributed by atoms with Crippen molar-refractivity contribution in [1.29, 1.82) is 0 Å². The number of carbonyl (C=O) groups is 3. The van der Waals surface area contributed by atoms with E-state index in [9.17, 15) is 19.5 Å². The lowest BCUT2D eigenvalue weighted by molar-refractivity contribution is -0.148. The van der Waals surface area contributed by atoms with Crippen molar-refractivity contribution in [2.75, 3.05) is 13.1 Å². The Labute approximate surface area is 143 Å². The molecule has 1 aliphatic heterocycles. The van der Waals surface area contributed by atoms with Crippen molar-refractivity contribution >= 4 is 18.0 Å². The minimum atomic E-state index is -0.992. The summed E-state index contributed by atoms with van der Waals surface area (Å²) in [6, 6.07) is -0.816. The number of hydrogen-bond donors (Lipinski definition) is 2. The molecule has 0 radical (unpaired) electrons. The maximum Gasteiger partial charge on any atom is 0.407 e. The number of aliphatic carboxylic acids is 1. The van der Waals surface area contributed by atoms with Gasteiger partial charge in [-0.3, -0.25) is 4.79 Å². The zero-order valence-corrected chi connectivity index (χ0v) is 14.7. The van der Waals surface area contributed by atoms with E-state index in [-0.39, 0.29) is 11.8 Å². The number of nitrogens with zero attached hydrogens (tertiary/aromatic N) is 1. The molecular weight excluding hydrogens is 312 g/mol. The van der Waals surface area contributed by atoms with Gasteiger partial charge in [0.2, 0.25) is 5.91 Å². The van der Waals surface area contributed by atoms with Crippen LogP contribution < -0.4 is 5.32 Å². The summed E-state index contributed by atoms with van der Waals surface area (Å²) in [5, 5.41) is 12.0. The Balaban J connectivity index is 2.35. The SMILES string of the molecule is C=CC1CC(=O)N([C@@H](CCCCNC(=O)OC(C)(C)C)C(=O)O)C1. The fourth-order valence-electron chi connectivity index (χ4n) is 2.60. The van der Waals surface area contributed by atoms with E-state index in [1.165, 1.54) is 4.90 Å². The third kappa shape index (κ3) is 6.60. The first-order valence-corrected chi connectivity index (χ1v) is 8.25.